The molecule has 1 unspecified atom stereocenters. The van der Waals surface area contributed by atoms with E-state index in [1.54, 1.807) is 30.5 Å². The Morgan fingerprint density at radius 3 is 2.55 bits per heavy atom. The number of nitrogens with two attached hydrogens (primary N) is 1. The molecule has 4 aromatic rings. The number of halogens is 1. The molecule has 0 fully saturated rings. The summed E-state index contributed by atoms with van der Waals surface area (Å²) in [6.45, 7) is -0.101. The first-order chi connectivity index (χ1) is 16.0. The summed E-state index contributed by atoms with van der Waals surface area (Å²) in [6.07, 6.45) is 2.85. The molecule has 7 heteroatoms. The predicted molar refractivity (Wildman–Crippen MR) is 134 cm³/mol. The van der Waals surface area contributed by atoms with Gasteiger partial charge in [0.15, 0.2) is 0 Å². The largest absolute Gasteiger partial charge is 0.507 e. The van der Waals surface area contributed by atoms with Gasteiger partial charge in [0.25, 0.3) is 0 Å². The lowest BCUT2D eigenvalue weighted by Gasteiger charge is -2.20. The maximum absolute atomic E-state index is 10.5. The van der Waals surface area contributed by atoms with Gasteiger partial charge in [0, 0.05) is 33.6 Å². The van der Waals surface area contributed by atoms with Crippen molar-refractivity contribution in [1.82, 2.24) is 4.98 Å². The Kier molecular flexibility index (Phi) is 6.58. The average molecular weight is 459 g/mol. The van der Waals surface area contributed by atoms with Crippen LogP contribution in [0.3, 0.4) is 0 Å². The van der Waals surface area contributed by atoms with Crippen LogP contribution in [0.1, 0.15) is 17.2 Å². The summed E-state index contributed by atoms with van der Waals surface area (Å²) in [6, 6.07) is 21.4. The van der Waals surface area contributed by atoms with E-state index >= 15 is 0 Å². The van der Waals surface area contributed by atoms with Crippen LogP contribution in [0.4, 0.5) is 11.4 Å². The average Bonchev–Trinajstić information content (AvgIpc) is 2.85. The number of hydrogen-bond acceptors (Lipinski definition) is 6. The zero-order chi connectivity index (χ0) is 23.4. The molecule has 0 aliphatic heterocycles. The van der Waals surface area contributed by atoms with E-state index in [0.29, 0.717) is 38.8 Å². The lowest BCUT2D eigenvalue weighted by atomic mass is 9.96. The number of hydrogen-bond donors (Lipinski definition) is 5. The topological polar surface area (TPSA) is 115 Å². The minimum atomic E-state index is -0.324. The SMILES string of the molecule is N=Cc1cc(-c2cc(NC(CO)c3ccccc3)cnc2-c2cc(Cl)ccc2O)ccc1N. The van der Waals surface area contributed by atoms with Crippen LogP contribution in [-0.4, -0.2) is 28.0 Å². The van der Waals surface area contributed by atoms with Crippen molar-refractivity contribution in [1.29, 1.82) is 5.41 Å². The molecule has 1 heterocycles. The number of aliphatic hydroxyl groups excluding tert-OH is 1. The molecule has 4 rings (SSSR count). The maximum atomic E-state index is 10.5. The fourth-order valence-corrected chi connectivity index (χ4v) is 3.84. The van der Waals surface area contributed by atoms with Crippen molar-refractivity contribution in [2.24, 2.45) is 0 Å². The first-order valence-corrected chi connectivity index (χ1v) is 10.7. The third-order valence-electron chi connectivity index (χ3n) is 5.38. The molecule has 33 heavy (non-hydrogen) atoms. The lowest BCUT2D eigenvalue weighted by Crippen LogP contribution is -2.15. The van der Waals surface area contributed by atoms with Crippen molar-refractivity contribution >= 4 is 29.2 Å². The van der Waals surface area contributed by atoms with Gasteiger partial charge in [-0.25, -0.2) is 0 Å². The van der Waals surface area contributed by atoms with E-state index in [1.807, 2.05) is 42.5 Å². The predicted octanol–water partition coefficient (Wildman–Crippen LogP) is 5.50. The number of pyridine rings is 1. The van der Waals surface area contributed by atoms with E-state index in [2.05, 4.69) is 10.3 Å². The van der Waals surface area contributed by atoms with Crippen LogP contribution in [0, 0.1) is 5.41 Å². The minimum absolute atomic E-state index is 0.0501. The Balaban J connectivity index is 1.85. The van der Waals surface area contributed by atoms with Crippen molar-refractivity contribution in [2.75, 3.05) is 17.7 Å². The molecule has 6 N–H and O–H groups in total. The highest BCUT2D eigenvalue weighted by atomic mass is 35.5. The molecule has 0 bridgehead atoms. The van der Waals surface area contributed by atoms with Crippen molar-refractivity contribution in [2.45, 2.75) is 6.04 Å². The molecule has 0 amide bonds. The molecule has 0 radical (unpaired) electrons. The Morgan fingerprint density at radius 1 is 1.03 bits per heavy atom. The fourth-order valence-electron chi connectivity index (χ4n) is 3.66. The summed E-state index contributed by atoms with van der Waals surface area (Å²) in [5.74, 6) is 0.0501. The van der Waals surface area contributed by atoms with Gasteiger partial charge in [0.2, 0.25) is 0 Å². The molecule has 166 valence electrons. The summed E-state index contributed by atoms with van der Waals surface area (Å²) in [4.78, 5) is 4.64. The number of nitrogen functional groups attached to an aromatic ring is 1. The second kappa shape index (κ2) is 9.73. The molecule has 0 aliphatic rings. The van der Waals surface area contributed by atoms with Crippen LogP contribution < -0.4 is 11.1 Å². The monoisotopic (exact) mass is 458 g/mol. The summed E-state index contributed by atoms with van der Waals surface area (Å²) in [5, 5.41) is 31.9. The van der Waals surface area contributed by atoms with Crippen LogP contribution in [0.25, 0.3) is 22.4 Å². The molecule has 1 atom stereocenters. The van der Waals surface area contributed by atoms with Gasteiger partial charge in [-0.15, -0.1) is 0 Å². The number of aromatic hydroxyl groups is 1. The lowest BCUT2D eigenvalue weighted by molar-refractivity contribution is 0.276. The number of phenolic OH excluding ortho intramolecular Hbond substituents is 1. The van der Waals surface area contributed by atoms with Gasteiger partial charge < -0.3 is 26.7 Å². The molecule has 3 aromatic carbocycles. The second-order valence-corrected chi connectivity index (χ2v) is 8.00. The molecular formula is C26H23ClN4O2. The number of nitrogens with zero attached hydrogens (tertiary/aromatic N) is 1. The van der Waals surface area contributed by atoms with Crippen molar-refractivity contribution in [3.05, 3.63) is 95.1 Å². The van der Waals surface area contributed by atoms with Gasteiger partial charge in [0.05, 0.1) is 30.2 Å². The van der Waals surface area contributed by atoms with E-state index in [4.69, 9.17) is 22.7 Å². The minimum Gasteiger partial charge on any atom is -0.507 e. The van der Waals surface area contributed by atoms with Crippen LogP contribution in [0.15, 0.2) is 79.0 Å². The third kappa shape index (κ3) is 4.82. The molecule has 0 spiro atoms. The molecule has 1 aromatic heterocycles. The first-order valence-electron chi connectivity index (χ1n) is 10.3. The van der Waals surface area contributed by atoms with Crippen molar-refractivity contribution in [3.63, 3.8) is 0 Å². The quantitative estimate of drug-likeness (QED) is 0.185. The van der Waals surface area contributed by atoms with Crippen LogP contribution >= 0.6 is 11.6 Å². The summed E-state index contributed by atoms with van der Waals surface area (Å²) in [7, 11) is 0. The number of nitrogens with one attached hydrogen (secondary N) is 2. The van der Waals surface area contributed by atoms with Gasteiger partial charge in [0.1, 0.15) is 5.75 Å². The normalized spacial score (nSPS) is 11.7. The zero-order valence-corrected chi connectivity index (χ0v) is 18.4. The maximum Gasteiger partial charge on any atom is 0.125 e. The van der Waals surface area contributed by atoms with Crippen LogP contribution in [0.5, 0.6) is 5.75 Å². The van der Waals surface area contributed by atoms with Gasteiger partial charge >= 0.3 is 0 Å². The van der Waals surface area contributed by atoms with Crippen molar-refractivity contribution < 1.29 is 10.2 Å². The third-order valence-corrected chi connectivity index (χ3v) is 5.62. The Morgan fingerprint density at radius 2 is 1.82 bits per heavy atom. The zero-order valence-electron chi connectivity index (χ0n) is 17.7. The van der Waals surface area contributed by atoms with Gasteiger partial charge in [-0.2, -0.15) is 0 Å². The van der Waals surface area contributed by atoms with E-state index in [-0.39, 0.29) is 18.4 Å². The van der Waals surface area contributed by atoms with E-state index in [0.717, 1.165) is 11.1 Å². The highest BCUT2D eigenvalue weighted by Crippen LogP contribution is 2.39. The summed E-state index contributed by atoms with van der Waals surface area (Å²) < 4.78 is 0. The fraction of sp³-hybridized carbons (Fsp3) is 0.0769. The number of benzene rings is 3. The van der Waals surface area contributed by atoms with E-state index < -0.39 is 0 Å². The van der Waals surface area contributed by atoms with Crippen molar-refractivity contribution in [3.8, 4) is 28.1 Å². The Bertz CT molecular complexity index is 1290. The molecule has 0 saturated heterocycles. The van der Waals surface area contributed by atoms with E-state index in [9.17, 15) is 10.2 Å². The first kappa shape index (κ1) is 22.3. The standard InChI is InChI=1S/C26H23ClN4O2/c27-19-7-9-25(33)22(11-19)26-21(17-6-8-23(29)18(10-17)13-28)12-20(14-30-26)31-24(15-32)16-4-2-1-3-5-16/h1-14,24,28,31-33H,15,29H2. The van der Waals surface area contributed by atoms with Crippen LogP contribution in [-0.2, 0) is 0 Å². The highest BCUT2D eigenvalue weighted by Gasteiger charge is 2.17. The Labute approximate surface area is 196 Å². The Hall–Kier alpha value is -3.87. The van der Waals surface area contributed by atoms with Gasteiger partial charge in [-0.05, 0) is 47.5 Å². The summed E-state index contributed by atoms with van der Waals surface area (Å²) in [5.41, 5.74) is 11.2. The molecule has 0 saturated carbocycles. The van der Waals surface area contributed by atoms with E-state index in [1.165, 1.54) is 12.3 Å². The van der Waals surface area contributed by atoms with Gasteiger partial charge in [-0.3, -0.25) is 4.98 Å². The number of aliphatic hydroxyl groups is 1. The second-order valence-electron chi connectivity index (χ2n) is 7.56. The summed E-state index contributed by atoms with van der Waals surface area (Å²) >= 11 is 6.19. The molecule has 6 nitrogen and oxygen atoms in total. The van der Waals surface area contributed by atoms with Crippen LogP contribution in [0.2, 0.25) is 5.02 Å². The number of anilines is 2. The number of aromatic nitrogens is 1. The smallest absolute Gasteiger partial charge is 0.125 e. The number of rotatable bonds is 7. The molecular weight excluding hydrogens is 436 g/mol. The molecule has 0 aliphatic carbocycles. The highest BCUT2D eigenvalue weighted by molar-refractivity contribution is 6.31. The number of phenols is 1. The van der Waals surface area contributed by atoms with Gasteiger partial charge in [-0.1, -0.05) is 48.0 Å².